The maximum atomic E-state index is 10.3. The topological polar surface area (TPSA) is 52.5 Å². The van der Waals surface area contributed by atoms with Gasteiger partial charge in [-0.05, 0) is 25.3 Å². The highest BCUT2D eigenvalue weighted by molar-refractivity contribution is 5.34. The van der Waals surface area contributed by atoms with Crippen LogP contribution in [0.5, 0.6) is 5.75 Å². The fourth-order valence-corrected chi connectivity index (χ4v) is 2.78. The lowest BCUT2D eigenvalue weighted by molar-refractivity contribution is 0.0445. The summed E-state index contributed by atoms with van der Waals surface area (Å²) in [6.07, 6.45) is 4.90. The Balaban J connectivity index is 1.99. The molecule has 0 heterocycles. The Morgan fingerprint density at radius 1 is 1.28 bits per heavy atom. The molecule has 1 unspecified atom stereocenters. The molecule has 0 bridgehead atoms. The average molecular weight is 249 g/mol. The van der Waals surface area contributed by atoms with Crippen LogP contribution in [0.15, 0.2) is 24.3 Å². The van der Waals surface area contributed by atoms with Crippen LogP contribution in [0.4, 0.5) is 0 Å². The zero-order valence-corrected chi connectivity index (χ0v) is 11.0. The molecule has 0 spiro atoms. The molecule has 1 aliphatic carbocycles. The Kier molecular flexibility index (Phi) is 4.25. The molecule has 1 fully saturated rings. The SMILES string of the molecule is CCC(NCC1(O)CCCC1)c1ccccc1O. The molecular weight excluding hydrogens is 226 g/mol. The predicted molar refractivity (Wildman–Crippen MR) is 72.6 cm³/mol. The van der Waals surface area contributed by atoms with E-state index in [9.17, 15) is 10.2 Å². The molecule has 0 amide bonds. The Hall–Kier alpha value is -1.06. The monoisotopic (exact) mass is 249 g/mol. The first-order valence-corrected chi connectivity index (χ1v) is 6.88. The average Bonchev–Trinajstić information content (AvgIpc) is 2.79. The van der Waals surface area contributed by atoms with E-state index in [1.165, 1.54) is 0 Å². The Morgan fingerprint density at radius 3 is 2.56 bits per heavy atom. The van der Waals surface area contributed by atoms with E-state index >= 15 is 0 Å². The minimum absolute atomic E-state index is 0.107. The number of phenolic OH excluding ortho intramolecular Hbond substituents is 1. The molecule has 0 aromatic heterocycles. The summed E-state index contributed by atoms with van der Waals surface area (Å²) >= 11 is 0. The third-order valence-corrected chi connectivity index (χ3v) is 3.93. The van der Waals surface area contributed by atoms with Crippen LogP contribution in [0.3, 0.4) is 0 Å². The molecule has 3 nitrogen and oxygen atoms in total. The summed E-state index contributed by atoms with van der Waals surface area (Å²) < 4.78 is 0. The van der Waals surface area contributed by atoms with Gasteiger partial charge in [0.1, 0.15) is 5.75 Å². The standard InChI is InChI=1S/C15H23NO2/c1-2-13(12-7-3-4-8-14(12)17)16-11-15(18)9-5-6-10-15/h3-4,7-8,13,16-18H,2,5-6,9-11H2,1H3. The van der Waals surface area contributed by atoms with Crippen molar-refractivity contribution in [2.24, 2.45) is 0 Å². The number of aliphatic hydroxyl groups is 1. The van der Waals surface area contributed by atoms with Crippen LogP contribution < -0.4 is 5.32 Å². The van der Waals surface area contributed by atoms with Gasteiger partial charge in [-0.2, -0.15) is 0 Å². The predicted octanol–water partition coefficient (Wildman–Crippen LogP) is 2.74. The number of phenols is 1. The molecule has 1 aromatic rings. The van der Waals surface area contributed by atoms with Gasteiger partial charge < -0.3 is 15.5 Å². The fourth-order valence-electron chi connectivity index (χ4n) is 2.78. The molecule has 1 aliphatic rings. The Bertz CT molecular complexity index is 386. The van der Waals surface area contributed by atoms with Gasteiger partial charge in [0, 0.05) is 18.2 Å². The second-order valence-electron chi connectivity index (χ2n) is 5.33. The van der Waals surface area contributed by atoms with Crippen LogP contribution in [-0.4, -0.2) is 22.4 Å². The molecule has 2 rings (SSSR count). The summed E-state index contributed by atoms with van der Waals surface area (Å²) in [6.45, 7) is 2.70. The lowest BCUT2D eigenvalue weighted by Crippen LogP contribution is -2.39. The molecule has 3 heteroatoms. The Labute approximate surface area is 109 Å². The number of para-hydroxylation sites is 1. The zero-order chi connectivity index (χ0) is 13.0. The minimum Gasteiger partial charge on any atom is -0.508 e. The molecule has 1 aromatic carbocycles. The number of aromatic hydroxyl groups is 1. The number of rotatable bonds is 5. The third kappa shape index (κ3) is 3.03. The maximum Gasteiger partial charge on any atom is 0.120 e. The lowest BCUT2D eigenvalue weighted by Gasteiger charge is -2.26. The van der Waals surface area contributed by atoms with Gasteiger partial charge in [0.15, 0.2) is 0 Å². The van der Waals surface area contributed by atoms with E-state index in [4.69, 9.17) is 0 Å². The van der Waals surface area contributed by atoms with E-state index in [0.717, 1.165) is 37.7 Å². The molecule has 1 atom stereocenters. The first-order valence-electron chi connectivity index (χ1n) is 6.88. The van der Waals surface area contributed by atoms with E-state index in [1.807, 2.05) is 18.2 Å². The Morgan fingerprint density at radius 2 is 1.94 bits per heavy atom. The summed E-state index contributed by atoms with van der Waals surface area (Å²) in [5.74, 6) is 0.329. The molecule has 18 heavy (non-hydrogen) atoms. The van der Waals surface area contributed by atoms with Crippen molar-refractivity contribution in [1.29, 1.82) is 0 Å². The summed E-state index contributed by atoms with van der Waals surface area (Å²) in [4.78, 5) is 0. The van der Waals surface area contributed by atoms with Gasteiger partial charge in [-0.15, -0.1) is 0 Å². The van der Waals surface area contributed by atoms with Crippen molar-refractivity contribution in [2.75, 3.05) is 6.54 Å². The fraction of sp³-hybridized carbons (Fsp3) is 0.600. The third-order valence-electron chi connectivity index (χ3n) is 3.93. The summed E-state index contributed by atoms with van der Waals surface area (Å²) in [6, 6.07) is 7.52. The van der Waals surface area contributed by atoms with Gasteiger partial charge in [0.2, 0.25) is 0 Å². The second-order valence-corrected chi connectivity index (χ2v) is 5.33. The van der Waals surface area contributed by atoms with Gasteiger partial charge in [0.25, 0.3) is 0 Å². The summed E-state index contributed by atoms with van der Waals surface area (Å²) in [5.41, 5.74) is 0.374. The van der Waals surface area contributed by atoms with E-state index in [0.29, 0.717) is 12.3 Å². The molecule has 1 saturated carbocycles. The van der Waals surface area contributed by atoms with Crippen molar-refractivity contribution in [1.82, 2.24) is 5.32 Å². The van der Waals surface area contributed by atoms with Crippen LogP contribution >= 0.6 is 0 Å². The molecule has 0 saturated heterocycles. The highest BCUT2D eigenvalue weighted by Gasteiger charge is 2.31. The van der Waals surface area contributed by atoms with E-state index in [-0.39, 0.29) is 6.04 Å². The van der Waals surface area contributed by atoms with Crippen LogP contribution in [-0.2, 0) is 0 Å². The largest absolute Gasteiger partial charge is 0.508 e. The van der Waals surface area contributed by atoms with Crippen LogP contribution in [0.2, 0.25) is 0 Å². The smallest absolute Gasteiger partial charge is 0.120 e. The van der Waals surface area contributed by atoms with Gasteiger partial charge in [0.05, 0.1) is 5.60 Å². The van der Waals surface area contributed by atoms with Crippen LogP contribution in [0, 0.1) is 0 Å². The molecule has 3 N–H and O–H groups in total. The van der Waals surface area contributed by atoms with Gasteiger partial charge >= 0.3 is 0 Å². The number of hydrogen-bond donors (Lipinski definition) is 3. The summed E-state index contributed by atoms with van der Waals surface area (Å²) in [7, 11) is 0. The normalized spacial score (nSPS) is 19.9. The van der Waals surface area contributed by atoms with Crippen molar-refractivity contribution < 1.29 is 10.2 Å². The number of hydrogen-bond acceptors (Lipinski definition) is 3. The van der Waals surface area contributed by atoms with Crippen LogP contribution in [0.1, 0.15) is 50.6 Å². The van der Waals surface area contributed by atoms with Gasteiger partial charge in [-0.25, -0.2) is 0 Å². The molecule has 100 valence electrons. The number of nitrogens with one attached hydrogen (secondary N) is 1. The number of benzene rings is 1. The minimum atomic E-state index is -0.544. The van der Waals surface area contributed by atoms with Crippen molar-refractivity contribution in [2.45, 2.75) is 50.7 Å². The summed E-state index contributed by atoms with van der Waals surface area (Å²) in [5, 5.41) is 23.6. The van der Waals surface area contributed by atoms with Crippen LogP contribution in [0.25, 0.3) is 0 Å². The van der Waals surface area contributed by atoms with Gasteiger partial charge in [-0.1, -0.05) is 38.0 Å². The van der Waals surface area contributed by atoms with E-state index in [1.54, 1.807) is 6.07 Å². The second kappa shape index (κ2) is 5.72. The highest BCUT2D eigenvalue weighted by Crippen LogP contribution is 2.31. The molecular formula is C15H23NO2. The molecule has 0 aliphatic heterocycles. The molecule has 0 radical (unpaired) electrons. The van der Waals surface area contributed by atoms with Gasteiger partial charge in [-0.3, -0.25) is 0 Å². The quantitative estimate of drug-likeness (QED) is 0.752. The van der Waals surface area contributed by atoms with Crippen molar-refractivity contribution in [3.8, 4) is 5.75 Å². The lowest BCUT2D eigenvalue weighted by atomic mass is 9.99. The van der Waals surface area contributed by atoms with Crippen molar-refractivity contribution in [3.05, 3.63) is 29.8 Å². The first kappa shape index (κ1) is 13.4. The maximum absolute atomic E-state index is 10.3. The van der Waals surface area contributed by atoms with E-state index in [2.05, 4.69) is 12.2 Å². The highest BCUT2D eigenvalue weighted by atomic mass is 16.3. The van der Waals surface area contributed by atoms with Crippen molar-refractivity contribution >= 4 is 0 Å². The first-order chi connectivity index (χ1) is 8.64. The van der Waals surface area contributed by atoms with Crippen molar-refractivity contribution in [3.63, 3.8) is 0 Å². The van der Waals surface area contributed by atoms with E-state index < -0.39 is 5.60 Å². The zero-order valence-electron chi connectivity index (χ0n) is 11.0.